The first-order valence-corrected chi connectivity index (χ1v) is 7.98. The predicted molar refractivity (Wildman–Crippen MR) is 86.7 cm³/mol. The Morgan fingerprint density at radius 1 is 1.38 bits per heavy atom. The van der Waals surface area contributed by atoms with E-state index in [4.69, 9.17) is 11.6 Å². The average molecular weight is 307 g/mol. The molecule has 1 N–H and O–H groups in total. The quantitative estimate of drug-likeness (QED) is 0.913. The maximum atomic E-state index is 5.93. The van der Waals surface area contributed by atoms with Crippen LogP contribution in [0.5, 0.6) is 0 Å². The third kappa shape index (κ3) is 2.79. The van der Waals surface area contributed by atoms with Gasteiger partial charge >= 0.3 is 0 Å². The van der Waals surface area contributed by atoms with Gasteiger partial charge in [0.05, 0.1) is 6.20 Å². The van der Waals surface area contributed by atoms with Crippen LogP contribution in [0.15, 0.2) is 18.5 Å². The highest BCUT2D eigenvalue weighted by molar-refractivity contribution is 6.29. The van der Waals surface area contributed by atoms with E-state index in [9.17, 15) is 0 Å². The maximum absolute atomic E-state index is 5.93. The third-order valence-electron chi connectivity index (χ3n) is 4.63. The SMILES string of the molecule is CCC1(C)CC(n2ccc3nc(Cl)cnc32)CC(C)(C)N1. The van der Waals surface area contributed by atoms with Gasteiger partial charge in [0, 0.05) is 23.3 Å². The standard InChI is InChI=1S/C16H23ClN4/c1-5-16(4)9-11(8-15(2,3)20-16)21-7-6-12-14(21)18-10-13(17)19-12/h6-7,10-11,20H,5,8-9H2,1-4H3. The van der Waals surface area contributed by atoms with Crippen molar-refractivity contribution >= 4 is 22.8 Å². The van der Waals surface area contributed by atoms with Gasteiger partial charge in [-0.3, -0.25) is 0 Å². The van der Waals surface area contributed by atoms with Crippen molar-refractivity contribution in [3.63, 3.8) is 0 Å². The molecule has 1 aliphatic rings. The zero-order valence-corrected chi connectivity index (χ0v) is 13.9. The molecule has 3 heterocycles. The Labute approximate surface area is 130 Å². The van der Waals surface area contributed by atoms with Crippen LogP contribution in [0.3, 0.4) is 0 Å². The molecule has 1 aliphatic heterocycles. The van der Waals surface area contributed by atoms with Crippen molar-refractivity contribution < 1.29 is 0 Å². The molecule has 0 aromatic carbocycles. The van der Waals surface area contributed by atoms with E-state index in [-0.39, 0.29) is 11.1 Å². The monoisotopic (exact) mass is 306 g/mol. The molecule has 2 aromatic heterocycles. The van der Waals surface area contributed by atoms with Gasteiger partial charge in [-0.2, -0.15) is 0 Å². The van der Waals surface area contributed by atoms with E-state index in [0.717, 1.165) is 30.4 Å². The summed E-state index contributed by atoms with van der Waals surface area (Å²) in [5.74, 6) is 0. The van der Waals surface area contributed by atoms with Crippen LogP contribution in [0.1, 0.15) is 53.0 Å². The number of piperidine rings is 1. The van der Waals surface area contributed by atoms with Crippen LogP contribution in [0, 0.1) is 0 Å². The molecule has 5 heteroatoms. The molecule has 2 atom stereocenters. The number of aromatic nitrogens is 3. The molecular weight excluding hydrogens is 284 g/mol. The minimum absolute atomic E-state index is 0.115. The average Bonchev–Trinajstić information content (AvgIpc) is 2.79. The van der Waals surface area contributed by atoms with Crippen molar-refractivity contribution in [2.24, 2.45) is 0 Å². The summed E-state index contributed by atoms with van der Waals surface area (Å²) in [6.07, 6.45) is 7.02. The number of fused-ring (bicyclic) bond motifs is 1. The lowest BCUT2D eigenvalue weighted by Gasteiger charge is -2.48. The van der Waals surface area contributed by atoms with E-state index in [0.29, 0.717) is 11.2 Å². The maximum Gasteiger partial charge on any atom is 0.159 e. The van der Waals surface area contributed by atoms with Crippen LogP contribution in [0.4, 0.5) is 0 Å². The fraction of sp³-hybridized carbons (Fsp3) is 0.625. The Bertz CT molecular complexity index is 663. The Hall–Kier alpha value is -1.13. The van der Waals surface area contributed by atoms with Gasteiger partial charge in [0.2, 0.25) is 0 Å². The van der Waals surface area contributed by atoms with E-state index in [1.165, 1.54) is 0 Å². The van der Waals surface area contributed by atoms with Gasteiger partial charge in [-0.15, -0.1) is 0 Å². The summed E-state index contributed by atoms with van der Waals surface area (Å²) in [5.41, 5.74) is 2.07. The zero-order chi connectivity index (χ0) is 15.3. The Balaban J connectivity index is 2.01. The summed E-state index contributed by atoms with van der Waals surface area (Å²) < 4.78 is 2.27. The minimum atomic E-state index is 0.115. The van der Waals surface area contributed by atoms with Crippen LogP contribution in [0.2, 0.25) is 5.15 Å². The highest BCUT2D eigenvalue weighted by atomic mass is 35.5. The van der Waals surface area contributed by atoms with E-state index >= 15 is 0 Å². The predicted octanol–water partition coefficient (Wildman–Crippen LogP) is 3.96. The second kappa shape index (κ2) is 4.96. The van der Waals surface area contributed by atoms with Gasteiger partial charge in [0.1, 0.15) is 10.7 Å². The topological polar surface area (TPSA) is 42.7 Å². The van der Waals surface area contributed by atoms with Gasteiger partial charge in [0.15, 0.2) is 5.65 Å². The number of halogens is 1. The van der Waals surface area contributed by atoms with Crippen molar-refractivity contribution in [3.8, 4) is 0 Å². The lowest BCUT2D eigenvalue weighted by molar-refractivity contribution is 0.118. The molecule has 0 spiro atoms. The van der Waals surface area contributed by atoms with Gasteiger partial charge in [-0.05, 0) is 46.1 Å². The van der Waals surface area contributed by atoms with Crippen LogP contribution < -0.4 is 5.32 Å². The number of nitrogens with one attached hydrogen (secondary N) is 1. The third-order valence-corrected chi connectivity index (χ3v) is 4.82. The van der Waals surface area contributed by atoms with Crippen LogP contribution >= 0.6 is 11.6 Å². The molecular formula is C16H23ClN4. The molecule has 1 fully saturated rings. The second-order valence-corrected chi connectivity index (χ2v) is 7.50. The fourth-order valence-corrected chi connectivity index (χ4v) is 3.87. The summed E-state index contributed by atoms with van der Waals surface area (Å²) in [6.45, 7) is 9.12. The first-order chi connectivity index (χ1) is 9.82. The summed E-state index contributed by atoms with van der Waals surface area (Å²) >= 11 is 5.93. The van der Waals surface area contributed by atoms with Gasteiger partial charge in [-0.1, -0.05) is 18.5 Å². The van der Waals surface area contributed by atoms with Gasteiger partial charge in [-0.25, -0.2) is 9.97 Å². The van der Waals surface area contributed by atoms with E-state index in [2.05, 4.69) is 53.7 Å². The Morgan fingerprint density at radius 3 is 2.86 bits per heavy atom. The van der Waals surface area contributed by atoms with Crippen molar-refractivity contribution in [2.75, 3.05) is 0 Å². The number of hydrogen-bond donors (Lipinski definition) is 1. The van der Waals surface area contributed by atoms with E-state index in [1.54, 1.807) is 6.20 Å². The van der Waals surface area contributed by atoms with Crippen LogP contribution in [-0.4, -0.2) is 25.6 Å². The van der Waals surface area contributed by atoms with E-state index < -0.39 is 0 Å². The van der Waals surface area contributed by atoms with Crippen molar-refractivity contribution in [1.82, 2.24) is 19.9 Å². The lowest BCUT2D eigenvalue weighted by Crippen LogP contribution is -2.59. The Morgan fingerprint density at radius 2 is 2.14 bits per heavy atom. The van der Waals surface area contributed by atoms with E-state index in [1.807, 2.05) is 6.07 Å². The normalized spacial score (nSPS) is 28.9. The summed E-state index contributed by atoms with van der Waals surface area (Å²) in [7, 11) is 0. The Kier molecular flexibility index (Phi) is 3.49. The van der Waals surface area contributed by atoms with Gasteiger partial charge in [0.25, 0.3) is 0 Å². The largest absolute Gasteiger partial charge is 0.328 e. The molecule has 0 bridgehead atoms. The molecule has 0 saturated carbocycles. The molecule has 21 heavy (non-hydrogen) atoms. The number of hydrogen-bond acceptors (Lipinski definition) is 3. The highest BCUT2D eigenvalue weighted by Gasteiger charge is 2.40. The lowest BCUT2D eigenvalue weighted by atomic mass is 9.77. The molecule has 114 valence electrons. The molecule has 2 aromatic rings. The summed E-state index contributed by atoms with van der Waals surface area (Å²) in [6, 6.07) is 2.44. The molecule has 2 unspecified atom stereocenters. The smallest absolute Gasteiger partial charge is 0.159 e. The molecule has 3 rings (SSSR count). The molecule has 1 saturated heterocycles. The zero-order valence-electron chi connectivity index (χ0n) is 13.2. The van der Waals surface area contributed by atoms with Crippen molar-refractivity contribution in [2.45, 2.75) is 64.1 Å². The first-order valence-electron chi connectivity index (χ1n) is 7.60. The summed E-state index contributed by atoms with van der Waals surface area (Å²) in [4.78, 5) is 8.84. The summed E-state index contributed by atoms with van der Waals surface area (Å²) in [5, 5.41) is 4.25. The van der Waals surface area contributed by atoms with Crippen molar-refractivity contribution in [1.29, 1.82) is 0 Å². The van der Waals surface area contributed by atoms with Crippen LogP contribution in [0.25, 0.3) is 11.2 Å². The van der Waals surface area contributed by atoms with Crippen molar-refractivity contribution in [3.05, 3.63) is 23.6 Å². The molecule has 0 amide bonds. The molecule has 4 nitrogen and oxygen atoms in total. The molecule has 0 aliphatic carbocycles. The fourth-order valence-electron chi connectivity index (χ4n) is 3.73. The van der Waals surface area contributed by atoms with Gasteiger partial charge < -0.3 is 9.88 Å². The highest BCUT2D eigenvalue weighted by Crippen LogP contribution is 2.38. The first kappa shape index (κ1) is 14.8. The second-order valence-electron chi connectivity index (χ2n) is 7.11. The number of rotatable bonds is 2. The molecule has 0 radical (unpaired) electrons. The number of nitrogens with zero attached hydrogens (tertiary/aromatic N) is 3. The van der Waals surface area contributed by atoms with Crippen LogP contribution in [-0.2, 0) is 0 Å². The minimum Gasteiger partial charge on any atom is -0.328 e.